The van der Waals surface area contributed by atoms with Crippen molar-refractivity contribution in [2.75, 3.05) is 0 Å². The molecule has 1 aromatic heterocycles. The Bertz CT molecular complexity index is 2000. The molecular weight excluding hydrogens is 609 g/mol. The number of aryl methyl sites for hydroxylation is 2. The Morgan fingerprint density at radius 2 is 1.40 bits per heavy atom. The van der Waals surface area contributed by atoms with Gasteiger partial charge in [-0.2, -0.15) is 0 Å². The van der Waals surface area contributed by atoms with E-state index < -0.39 is 27.5 Å². The average Bonchev–Trinajstić information content (AvgIpc) is 3.08. The van der Waals surface area contributed by atoms with E-state index in [1.165, 1.54) is 0 Å². The molecule has 0 radical (unpaired) electrons. The zero-order valence-corrected chi connectivity index (χ0v) is 27.1. The lowest BCUT2D eigenvalue weighted by atomic mass is 9.78. The molecule has 1 atom stereocenters. The summed E-state index contributed by atoms with van der Waals surface area (Å²) in [5.41, 5.74) is 3.65. The number of sulfonamides is 1. The van der Waals surface area contributed by atoms with Crippen LogP contribution in [0.3, 0.4) is 0 Å². The number of cyclic esters (lactones) is 1. The van der Waals surface area contributed by atoms with E-state index >= 15 is 0 Å². The van der Waals surface area contributed by atoms with Crippen molar-refractivity contribution < 1.29 is 23.1 Å². The summed E-state index contributed by atoms with van der Waals surface area (Å²) in [6.45, 7) is 1.93. The minimum Gasteiger partial charge on any atom is -0.512 e. The number of fused-ring (bicyclic) bond motifs is 1. The second kappa shape index (κ2) is 13.5. The van der Waals surface area contributed by atoms with Crippen LogP contribution in [-0.2, 0) is 32.4 Å². The standard InChI is InChI=1S/C39H38N2O5S/c1-2-30(31-18-10-11-19-32(31)33-25-29-17-9-12-20-34(29)41-37(33)47(40,44)45)36-35(42)26-39(46-38(36)43,23-21-27-13-5-3-6-14-27)24-22-28-15-7-4-8-16-28/h3-20,25,30,42H,2,21-24,26H2,1H3,(H2,40,44,45). The Labute approximate surface area is 275 Å². The van der Waals surface area contributed by atoms with Crippen LogP contribution in [-0.4, -0.2) is 30.1 Å². The molecule has 0 fully saturated rings. The highest BCUT2D eigenvalue weighted by molar-refractivity contribution is 7.89. The zero-order valence-electron chi connectivity index (χ0n) is 26.3. The van der Waals surface area contributed by atoms with Gasteiger partial charge in [0.05, 0.1) is 11.1 Å². The number of pyridine rings is 1. The van der Waals surface area contributed by atoms with E-state index in [1.807, 2.05) is 67.6 Å². The molecule has 3 N–H and O–H groups in total. The number of aromatic nitrogens is 1. The van der Waals surface area contributed by atoms with Gasteiger partial charge in [0.25, 0.3) is 10.0 Å². The molecule has 0 spiro atoms. The minimum absolute atomic E-state index is 0.00679. The second-order valence-corrected chi connectivity index (χ2v) is 13.7. The highest BCUT2D eigenvalue weighted by Gasteiger charge is 2.44. The van der Waals surface area contributed by atoms with Gasteiger partial charge in [-0.25, -0.2) is 23.3 Å². The number of esters is 1. The number of carbonyl (C=O) groups is 1. The number of nitrogens with two attached hydrogens (primary N) is 1. The molecular formula is C39H38N2O5S. The lowest BCUT2D eigenvalue weighted by Crippen LogP contribution is -2.42. The first-order valence-electron chi connectivity index (χ1n) is 15.9. The van der Waals surface area contributed by atoms with Gasteiger partial charge in [-0.15, -0.1) is 0 Å². The zero-order chi connectivity index (χ0) is 33.0. The van der Waals surface area contributed by atoms with Gasteiger partial charge < -0.3 is 9.84 Å². The molecule has 7 nitrogen and oxygen atoms in total. The Morgan fingerprint density at radius 1 is 0.830 bits per heavy atom. The van der Waals surface area contributed by atoms with Gasteiger partial charge in [-0.1, -0.05) is 110 Å². The van der Waals surface area contributed by atoms with E-state index in [0.29, 0.717) is 54.3 Å². The van der Waals surface area contributed by atoms with Crippen molar-refractivity contribution >= 4 is 26.9 Å². The van der Waals surface area contributed by atoms with Gasteiger partial charge in [0.1, 0.15) is 11.4 Å². The summed E-state index contributed by atoms with van der Waals surface area (Å²) in [6, 6.07) is 36.4. The fraction of sp³-hybridized carbons (Fsp3) is 0.231. The first kappa shape index (κ1) is 32.2. The van der Waals surface area contributed by atoms with Gasteiger partial charge in [0.2, 0.25) is 0 Å². The third-order valence-corrected chi connectivity index (χ3v) is 9.95. The van der Waals surface area contributed by atoms with E-state index in [0.717, 1.165) is 16.5 Å². The van der Waals surface area contributed by atoms with E-state index in [-0.39, 0.29) is 22.8 Å². The molecule has 0 saturated heterocycles. The summed E-state index contributed by atoms with van der Waals surface area (Å²) < 4.78 is 32.0. The van der Waals surface area contributed by atoms with Crippen LogP contribution in [0.5, 0.6) is 0 Å². The van der Waals surface area contributed by atoms with Gasteiger partial charge in [-0.3, -0.25) is 0 Å². The number of benzene rings is 4. The Hall–Kier alpha value is -4.79. The maximum atomic E-state index is 14.1. The number of rotatable bonds is 11. The molecule has 2 heterocycles. The van der Waals surface area contributed by atoms with Crippen molar-refractivity contribution in [2.24, 2.45) is 5.14 Å². The molecule has 0 amide bonds. The molecule has 47 heavy (non-hydrogen) atoms. The third-order valence-electron chi connectivity index (χ3n) is 9.10. The maximum absolute atomic E-state index is 14.1. The van der Waals surface area contributed by atoms with Crippen molar-refractivity contribution in [2.45, 2.75) is 62.0 Å². The number of hydrogen-bond donors (Lipinski definition) is 2. The topological polar surface area (TPSA) is 120 Å². The molecule has 240 valence electrons. The lowest BCUT2D eigenvalue weighted by Gasteiger charge is -2.39. The fourth-order valence-electron chi connectivity index (χ4n) is 6.72. The normalized spacial score (nSPS) is 15.4. The first-order chi connectivity index (χ1) is 22.7. The molecule has 1 aliphatic heterocycles. The van der Waals surface area contributed by atoms with Crippen molar-refractivity contribution in [3.05, 3.63) is 143 Å². The Kier molecular flexibility index (Phi) is 9.25. The van der Waals surface area contributed by atoms with Crippen LogP contribution in [0.1, 0.15) is 55.2 Å². The van der Waals surface area contributed by atoms with Crippen LogP contribution in [0.2, 0.25) is 0 Å². The van der Waals surface area contributed by atoms with Crippen LogP contribution in [0, 0.1) is 0 Å². The third kappa shape index (κ3) is 6.99. The van der Waals surface area contributed by atoms with E-state index in [1.54, 1.807) is 30.3 Å². The highest BCUT2D eigenvalue weighted by Crippen LogP contribution is 2.44. The van der Waals surface area contributed by atoms with E-state index in [4.69, 9.17) is 9.88 Å². The predicted molar refractivity (Wildman–Crippen MR) is 184 cm³/mol. The summed E-state index contributed by atoms with van der Waals surface area (Å²) in [7, 11) is -4.21. The molecule has 0 saturated carbocycles. The number of aliphatic hydroxyl groups is 1. The van der Waals surface area contributed by atoms with Crippen LogP contribution in [0.25, 0.3) is 22.0 Å². The van der Waals surface area contributed by atoms with E-state index in [9.17, 15) is 18.3 Å². The summed E-state index contributed by atoms with van der Waals surface area (Å²) in [5.74, 6) is -1.12. The number of nitrogens with zero attached hydrogens (tertiary/aromatic N) is 1. The number of hydrogen-bond acceptors (Lipinski definition) is 6. The SMILES string of the molecule is CCC(C1=C(O)CC(CCc2ccccc2)(CCc2ccccc2)OC1=O)c1ccccc1-c1cc2ccccc2nc1S(N)(=O)=O. The quantitative estimate of drug-likeness (QED) is 0.141. The fourth-order valence-corrected chi connectivity index (χ4v) is 7.42. The number of aliphatic hydroxyl groups excluding tert-OH is 1. The number of carbonyl (C=O) groups excluding carboxylic acids is 1. The number of para-hydroxylation sites is 1. The van der Waals surface area contributed by atoms with Crippen molar-refractivity contribution in [1.82, 2.24) is 4.98 Å². The predicted octanol–water partition coefficient (Wildman–Crippen LogP) is 7.81. The average molecular weight is 647 g/mol. The number of ether oxygens (including phenoxy) is 1. The summed E-state index contributed by atoms with van der Waals surface area (Å²) in [6.07, 6.45) is 3.14. The molecule has 1 aliphatic rings. The monoisotopic (exact) mass is 646 g/mol. The minimum atomic E-state index is -4.21. The van der Waals surface area contributed by atoms with Gasteiger partial charge in [0.15, 0.2) is 5.03 Å². The van der Waals surface area contributed by atoms with Crippen LogP contribution in [0.15, 0.2) is 132 Å². The Balaban J connectivity index is 1.40. The molecule has 4 aromatic carbocycles. The summed E-state index contributed by atoms with van der Waals surface area (Å²) in [4.78, 5) is 18.5. The highest BCUT2D eigenvalue weighted by atomic mass is 32.2. The van der Waals surface area contributed by atoms with Crippen molar-refractivity contribution in [3.63, 3.8) is 0 Å². The molecule has 8 heteroatoms. The largest absolute Gasteiger partial charge is 0.512 e. The Morgan fingerprint density at radius 3 is 2.00 bits per heavy atom. The number of primary sulfonamides is 1. The molecule has 0 aliphatic carbocycles. The molecule has 6 rings (SSSR count). The van der Waals surface area contributed by atoms with Gasteiger partial charge >= 0.3 is 5.97 Å². The van der Waals surface area contributed by atoms with Gasteiger partial charge in [-0.05, 0) is 66.5 Å². The van der Waals surface area contributed by atoms with E-state index in [2.05, 4.69) is 29.2 Å². The lowest BCUT2D eigenvalue weighted by molar-refractivity contribution is -0.161. The van der Waals surface area contributed by atoms with Crippen LogP contribution in [0.4, 0.5) is 0 Å². The smallest absolute Gasteiger partial charge is 0.338 e. The summed E-state index contributed by atoms with van der Waals surface area (Å²) >= 11 is 0. The van der Waals surface area contributed by atoms with Gasteiger partial charge in [0, 0.05) is 23.3 Å². The summed E-state index contributed by atoms with van der Waals surface area (Å²) in [5, 5.41) is 18.0. The van der Waals surface area contributed by atoms with Crippen molar-refractivity contribution in [1.29, 1.82) is 0 Å². The second-order valence-electron chi connectivity index (χ2n) is 12.2. The molecule has 5 aromatic rings. The first-order valence-corrected chi connectivity index (χ1v) is 17.5. The van der Waals surface area contributed by atoms with Crippen molar-refractivity contribution in [3.8, 4) is 11.1 Å². The van der Waals surface area contributed by atoms with Crippen LogP contribution >= 0.6 is 0 Å². The maximum Gasteiger partial charge on any atom is 0.338 e. The van der Waals surface area contributed by atoms with Crippen LogP contribution < -0.4 is 5.14 Å². The molecule has 0 bridgehead atoms. The molecule has 1 unspecified atom stereocenters.